The van der Waals surface area contributed by atoms with Crippen LogP contribution in [0.5, 0.6) is 5.75 Å². The first-order valence-electron chi connectivity index (χ1n) is 11.6. The summed E-state index contributed by atoms with van der Waals surface area (Å²) < 4.78 is 15.4. The van der Waals surface area contributed by atoms with Gasteiger partial charge in [-0.3, -0.25) is 0 Å². The van der Waals surface area contributed by atoms with Crippen molar-refractivity contribution in [3.05, 3.63) is 54.2 Å². The molecule has 4 aromatic rings. The van der Waals surface area contributed by atoms with E-state index in [9.17, 15) is 10.2 Å². The Hall–Kier alpha value is -3.27. The van der Waals surface area contributed by atoms with Crippen LogP contribution in [0.4, 0.5) is 0 Å². The standard InChI is InChI=1S/C26H33N5O4/c1-25(2,3)16-34-19-10-7-9-17(13-19)22-14-18(15-35-26(4,5)24(32)33)28-31(22)21-12-8-11-20-23(21)30(6)29-27-20/h7-14,24,32-33H,15-16H2,1-6H3. The van der Waals surface area contributed by atoms with Gasteiger partial charge in [0.1, 0.15) is 22.4 Å². The summed E-state index contributed by atoms with van der Waals surface area (Å²) in [6.07, 6.45) is -1.62. The highest BCUT2D eigenvalue weighted by Crippen LogP contribution is 2.31. The van der Waals surface area contributed by atoms with Gasteiger partial charge in [-0.2, -0.15) is 5.10 Å². The first-order valence-corrected chi connectivity index (χ1v) is 11.6. The molecule has 0 atom stereocenters. The van der Waals surface area contributed by atoms with Crippen molar-refractivity contribution >= 4 is 11.0 Å². The number of aliphatic hydroxyl groups excluding tert-OH is 1. The molecular formula is C26H33N5O4. The molecule has 0 aliphatic rings. The molecule has 0 saturated heterocycles. The molecule has 9 heteroatoms. The predicted octanol–water partition coefficient (Wildman–Crippen LogP) is 3.85. The number of hydrogen-bond donors (Lipinski definition) is 2. The van der Waals surface area contributed by atoms with Gasteiger partial charge in [0.15, 0.2) is 6.29 Å². The van der Waals surface area contributed by atoms with Crippen molar-refractivity contribution in [2.24, 2.45) is 12.5 Å². The highest BCUT2D eigenvalue weighted by Gasteiger charge is 2.27. The molecule has 0 amide bonds. The van der Waals surface area contributed by atoms with Crippen molar-refractivity contribution in [1.29, 1.82) is 0 Å². The Labute approximate surface area is 204 Å². The molecule has 9 nitrogen and oxygen atoms in total. The van der Waals surface area contributed by atoms with E-state index in [1.165, 1.54) is 0 Å². The minimum absolute atomic E-state index is 0.0362. The Balaban J connectivity index is 1.78. The van der Waals surface area contributed by atoms with Gasteiger partial charge in [-0.1, -0.05) is 44.2 Å². The summed E-state index contributed by atoms with van der Waals surface area (Å²) in [7, 11) is 1.85. The number of aromatic nitrogens is 5. The fourth-order valence-corrected chi connectivity index (χ4v) is 3.53. The fourth-order valence-electron chi connectivity index (χ4n) is 3.53. The Morgan fingerprint density at radius 2 is 1.74 bits per heavy atom. The molecule has 0 spiro atoms. The van der Waals surface area contributed by atoms with Gasteiger partial charge < -0.3 is 19.7 Å². The Kier molecular flexibility index (Phi) is 6.68. The summed E-state index contributed by atoms with van der Waals surface area (Å²) in [5.41, 5.74) is 3.71. The average Bonchev–Trinajstić information content (AvgIpc) is 3.40. The van der Waals surface area contributed by atoms with E-state index in [1.54, 1.807) is 18.5 Å². The third kappa shape index (κ3) is 5.53. The van der Waals surface area contributed by atoms with E-state index in [0.29, 0.717) is 12.3 Å². The van der Waals surface area contributed by atoms with Crippen molar-refractivity contribution in [2.75, 3.05) is 6.61 Å². The van der Waals surface area contributed by atoms with Gasteiger partial charge in [0, 0.05) is 12.6 Å². The molecule has 4 rings (SSSR count). The van der Waals surface area contributed by atoms with Crippen LogP contribution in [-0.4, -0.2) is 53.5 Å². The maximum Gasteiger partial charge on any atom is 0.180 e. The normalized spacial score (nSPS) is 12.6. The number of fused-ring (bicyclic) bond motifs is 1. The number of hydrogen-bond acceptors (Lipinski definition) is 7. The minimum atomic E-state index is -1.62. The van der Waals surface area contributed by atoms with Crippen LogP contribution in [0.2, 0.25) is 0 Å². The van der Waals surface area contributed by atoms with Gasteiger partial charge in [-0.15, -0.1) is 5.10 Å². The van der Waals surface area contributed by atoms with Crippen LogP contribution in [0, 0.1) is 5.41 Å². The quantitative estimate of drug-likeness (QED) is 0.370. The molecule has 35 heavy (non-hydrogen) atoms. The highest BCUT2D eigenvalue weighted by molar-refractivity contribution is 5.84. The molecule has 0 aliphatic carbocycles. The maximum absolute atomic E-state index is 9.61. The molecule has 0 bridgehead atoms. The van der Waals surface area contributed by atoms with Gasteiger partial charge in [-0.05, 0) is 49.6 Å². The van der Waals surface area contributed by atoms with Gasteiger partial charge in [0.25, 0.3) is 0 Å². The van der Waals surface area contributed by atoms with Gasteiger partial charge in [-0.25, -0.2) is 9.36 Å². The summed E-state index contributed by atoms with van der Waals surface area (Å²) >= 11 is 0. The minimum Gasteiger partial charge on any atom is -0.493 e. The van der Waals surface area contributed by atoms with Crippen molar-refractivity contribution in [1.82, 2.24) is 24.8 Å². The molecule has 0 saturated carbocycles. The van der Waals surface area contributed by atoms with Crippen LogP contribution in [0.25, 0.3) is 28.0 Å². The van der Waals surface area contributed by atoms with Crippen molar-refractivity contribution in [2.45, 2.75) is 53.1 Å². The lowest BCUT2D eigenvalue weighted by molar-refractivity contribution is -0.197. The van der Waals surface area contributed by atoms with E-state index >= 15 is 0 Å². The molecular weight excluding hydrogens is 446 g/mol. The summed E-state index contributed by atoms with van der Waals surface area (Å²) in [4.78, 5) is 0. The zero-order chi connectivity index (χ0) is 25.4. The Bertz CT molecular complexity index is 1320. The number of para-hydroxylation sites is 1. The molecule has 2 aromatic carbocycles. The van der Waals surface area contributed by atoms with E-state index < -0.39 is 11.9 Å². The number of aliphatic hydroxyl groups is 2. The van der Waals surface area contributed by atoms with E-state index in [-0.39, 0.29) is 12.0 Å². The Morgan fingerprint density at radius 3 is 2.46 bits per heavy atom. The van der Waals surface area contributed by atoms with E-state index in [2.05, 4.69) is 31.1 Å². The van der Waals surface area contributed by atoms with Crippen LogP contribution in [0.15, 0.2) is 48.5 Å². The molecule has 0 aliphatic heterocycles. The third-order valence-electron chi connectivity index (χ3n) is 5.61. The second-order valence-electron chi connectivity index (χ2n) is 10.4. The van der Waals surface area contributed by atoms with Crippen LogP contribution >= 0.6 is 0 Å². The number of aryl methyl sites for hydroxylation is 1. The maximum atomic E-state index is 9.61. The number of benzene rings is 2. The number of ether oxygens (including phenoxy) is 2. The highest BCUT2D eigenvalue weighted by atomic mass is 16.6. The molecule has 186 valence electrons. The van der Waals surface area contributed by atoms with Crippen molar-refractivity contribution in [3.63, 3.8) is 0 Å². The molecule has 2 aromatic heterocycles. The van der Waals surface area contributed by atoms with E-state index in [0.717, 1.165) is 33.7 Å². The van der Waals surface area contributed by atoms with Crippen molar-refractivity contribution < 1.29 is 19.7 Å². The number of rotatable bonds is 8. The SMILES string of the molecule is Cn1nnc2cccc(-n3nc(COC(C)(C)C(O)O)cc3-c3cccc(OCC(C)(C)C)c3)c21. The Morgan fingerprint density at radius 1 is 1.00 bits per heavy atom. The summed E-state index contributed by atoms with van der Waals surface area (Å²) in [6.45, 7) is 10.3. The average molecular weight is 480 g/mol. The van der Waals surface area contributed by atoms with Gasteiger partial charge in [0.2, 0.25) is 0 Å². The summed E-state index contributed by atoms with van der Waals surface area (Å²) in [6, 6.07) is 15.6. The lowest BCUT2D eigenvalue weighted by Gasteiger charge is -2.26. The summed E-state index contributed by atoms with van der Waals surface area (Å²) in [5, 5.41) is 32.4. The fraction of sp³-hybridized carbons (Fsp3) is 0.423. The van der Waals surface area contributed by atoms with Crippen LogP contribution in [0.3, 0.4) is 0 Å². The monoisotopic (exact) mass is 479 g/mol. The van der Waals surface area contributed by atoms with E-state index in [4.69, 9.17) is 14.6 Å². The molecule has 2 N–H and O–H groups in total. The summed E-state index contributed by atoms with van der Waals surface area (Å²) in [5.74, 6) is 0.771. The van der Waals surface area contributed by atoms with Crippen LogP contribution in [0.1, 0.15) is 40.3 Å². The number of nitrogens with zero attached hydrogens (tertiary/aromatic N) is 5. The zero-order valence-electron chi connectivity index (χ0n) is 21.1. The van der Waals surface area contributed by atoms with Crippen LogP contribution < -0.4 is 4.74 Å². The second kappa shape index (κ2) is 9.41. The zero-order valence-corrected chi connectivity index (χ0v) is 21.1. The second-order valence-corrected chi connectivity index (χ2v) is 10.4. The van der Waals surface area contributed by atoms with Crippen molar-refractivity contribution in [3.8, 4) is 22.7 Å². The molecule has 2 heterocycles. The van der Waals surface area contributed by atoms with E-state index in [1.807, 2.05) is 60.3 Å². The largest absolute Gasteiger partial charge is 0.493 e. The predicted molar refractivity (Wildman–Crippen MR) is 133 cm³/mol. The molecule has 0 fully saturated rings. The third-order valence-corrected chi connectivity index (χ3v) is 5.61. The topological polar surface area (TPSA) is 107 Å². The lowest BCUT2D eigenvalue weighted by atomic mass is 9.99. The molecule has 0 radical (unpaired) electrons. The molecule has 0 unspecified atom stereocenters. The smallest absolute Gasteiger partial charge is 0.180 e. The first kappa shape index (κ1) is 24.8. The van der Waals surface area contributed by atoms with Gasteiger partial charge in [0.05, 0.1) is 30.3 Å². The van der Waals surface area contributed by atoms with Gasteiger partial charge >= 0.3 is 0 Å². The first-order chi connectivity index (χ1) is 16.4. The van der Waals surface area contributed by atoms with Crippen LogP contribution in [-0.2, 0) is 18.4 Å². The lowest BCUT2D eigenvalue weighted by Crippen LogP contribution is -2.38.